The Kier molecular flexibility index (Phi) is 2.83. The average Bonchev–Trinajstić information content (AvgIpc) is 2.11. The molecule has 1 fully saturated rings. The van der Waals surface area contributed by atoms with E-state index in [1.165, 1.54) is 0 Å². The van der Waals surface area contributed by atoms with Gasteiger partial charge in [0.2, 0.25) is 5.91 Å². The molecule has 82 valence electrons. The first-order valence-corrected chi connectivity index (χ1v) is 6.36. The van der Waals surface area contributed by atoms with Crippen molar-refractivity contribution in [3.05, 3.63) is 0 Å². The lowest BCUT2D eigenvalue weighted by Gasteiger charge is -2.36. The van der Waals surface area contributed by atoms with Gasteiger partial charge < -0.3 is 4.57 Å². The van der Waals surface area contributed by atoms with E-state index in [-0.39, 0.29) is 10.8 Å². The monoisotopic (exact) mass is 213 g/mol. The van der Waals surface area contributed by atoms with E-state index in [2.05, 4.69) is 34.6 Å². The van der Waals surface area contributed by atoms with Crippen LogP contribution in [0.25, 0.3) is 0 Å². The third-order valence-electron chi connectivity index (χ3n) is 3.76. The van der Waals surface area contributed by atoms with Gasteiger partial charge in [-0.3, -0.25) is 4.79 Å². The first-order valence-electron chi connectivity index (χ1n) is 5.46. The fraction of sp³-hybridized carbons (Fsp3) is 0.909. The van der Waals surface area contributed by atoms with E-state index < -0.39 is 0 Å². The Morgan fingerprint density at radius 3 is 2.21 bits per heavy atom. The molecule has 0 radical (unpaired) electrons. The lowest BCUT2D eigenvalue weighted by molar-refractivity contribution is -0.134. The Morgan fingerprint density at radius 2 is 1.93 bits per heavy atom. The lowest BCUT2D eigenvalue weighted by atomic mass is 9.65. The number of rotatable bonds is 2. The van der Waals surface area contributed by atoms with Gasteiger partial charge in [-0.2, -0.15) is 0 Å². The Balaban J connectivity index is 2.99. The minimum atomic E-state index is -0.136. The van der Waals surface area contributed by atoms with Crippen LogP contribution >= 0.6 is 0 Å². The van der Waals surface area contributed by atoms with Crippen molar-refractivity contribution in [2.75, 3.05) is 6.54 Å². The van der Waals surface area contributed by atoms with E-state index in [1.54, 1.807) is 0 Å². The normalized spacial score (nSPS) is 31.9. The Labute approximate surface area is 90.6 Å². The number of nitrogens with zero attached hydrogens (tertiary/aromatic N) is 1. The molecule has 0 aromatic carbocycles. The lowest BCUT2D eigenvalue weighted by Crippen LogP contribution is -2.38. The maximum absolute atomic E-state index is 12.1. The number of carbonyl (C=O) groups excluding carboxylic acids is 1. The predicted octanol–water partition coefficient (Wildman–Crippen LogP) is 1.19. The first kappa shape index (κ1) is 11.8. The van der Waals surface area contributed by atoms with Crippen LogP contribution in [0.3, 0.4) is 0 Å². The maximum atomic E-state index is 12.1. The van der Waals surface area contributed by atoms with Gasteiger partial charge in [0.25, 0.3) is 0 Å². The molecule has 1 saturated heterocycles. The maximum Gasteiger partial charge on any atom is 0.220 e. The molecule has 0 bridgehead atoms. The van der Waals surface area contributed by atoms with Gasteiger partial charge in [-0.15, -0.1) is 0 Å². The largest absolute Gasteiger partial charge is 0.377 e. The third kappa shape index (κ3) is 1.62. The molecule has 1 rings (SSSR count). The summed E-state index contributed by atoms with van der Waals surface area (Å²) in [5.41, 5.74) is -0.000972. The van der Waals surface area contributed by atoms with Gasteiger partial charge in [-0.1, -0.05) is 34.6 Å². The summed E-state index contributed by atoms with van der Waals surface area (Å²) in [5.74, 6) is 0.972. The van der Waals surface area contributed by atoms with Crippen molar-refractivity contribution < 1.29 is 4.79 Å². The molecule has 1 amide bonds. The van der Waals surface area contributed by atoms with Crippen LogP contribution in [-0.4, -0.2) is 27.4 Å². The summed E-state index contributed by atoms with van der Waals surface area (Å²) in [6.45, 7) is 11.9. The van der Waals surface area contributed by atoms with Crippen molar-refractivity contribution >= 4 is 16.3 Å². The van der Waals surface area contributed by atoms with Crippen LogP contribution in [0.5, 0.6) is 0 Å². The molecule has 1 aliphatic rings. The van der Waals surface area contributed by atoms with E-state index in [1.807, 2.05) is 4.57 Å². The number of hydrogen-bond donors (Lipinski definition) is 0. The van der Waals surface area contributed by atoms with Crippen LogP contribution in [-0.2, 0) is 4.79 Å². The van der Waals surface area contributed by atoms with Crippen LogP contribution < -0.4 is 0 Å². The third-order valence-corrected chi connectivity index (χ3v) is 4.48. The van der Waals surface area contributed by atoms with Crippen molar-refractivity contribution in [3.8, 4) is 0 Å². The first-order chi connectivity index (χ1) is 6.21. The van der Waals surface area contributed by atoms with Gasteiger partial charge in [-0.05, 0) is 17.8 Å². The molecule has 0 spiro atoms. The summed E-state index contributed by atoms with van der Waals surface area (Å²) >= 11 is 0. The molecule has 0 saturated carbocycles. The van der Waals surface area contributed by atoms with Gasteiger partial charge in [0.1, 0.15) is 10.4 Å². The zero-order valence-electron chi connectivity index (χ0n) is 10.3. The van der Waals surface area contributed by atoms with Crippen LogP contribution in [0.15, 0.2) is 0 Å². The van der Waals surface area contributed by atoms with Gasteiger partial charge in [-0.25, -0.2) is 0 Å². The molecule has 0 aromatic rings. The highest BCUT2D eigenvalue weighted by Gasteiger charge is 2.53. The van der Waals surface area contributed by atoms with E-state index in [0.717, 1.165) is 23.4 Å². The summed E-state index contributed by atoms with van der Waals surface area (Å²) in [6, 6.07) is 0. The molecule has 1 aliphatic heterocycles. The van der Waals surface area contributed by atoms with E-state index in [9.17, 15) is 4.79 Å². The van der Waals surface area contributed by atoms with Crippen LogP contribution in [0.4, 0.5) is 0 Å². The highest BCUT2D eigenvalue weighted by molar-refractivity contribution is 6.16. The fourth-order valence-electron chi connectivity index (χ4n) is 2.73. The molecule has 14 heavy (non-hydrogen) atoms. The number of amides is 1. The second kappa shape index (κ2) is 3.37. The van der Waals surface area contributed by atoms with Crippen molar-refractivity contribution in [1.29, 1.82) is 0 Å². The highest BCUT2D eigenvalue weighted by atomic mass is 28.2. The van der Waals surface area contributed by atoms with Gasteiger partial charge >= 0.3 is 0 Å². The van der Waals surface area contributed by atoms with Gasteiger partial charge in [0, 0.05) is 6.54 Å². The molecule has 1 atom stereocenters. The topological polar surface area (TPSA) is 20.3 Å². The molecule has 1 unspecified atom stereocenters. The summed E-state index contributed by atoms with van der Waals surface area (Å²) < 4.78 is 2.02. The summed E-state index contributed by atoms with van der Waals surface area (Å²) in [4.78, 5) is 12.1. The van der Waals surface area contributed by atoms with E-state index >= 15 is 0 Å². The van der Waals surface area contributed by atoms with E-state index in [4.69, 9.17) is 0 Å². The Morgan fingerprint density at radius 1 is 1.43 bits per heavy atom. The van der Waals surface area contributed by atoms with Crippen LogP contribution in [0.1, 0.15) is 41.0 Å². The Hall–Kier alpha value is -0.313. The van der Waals surface area contributed by atoms with Crippen LogP contribution in [0, 0.1) is 16.7 Å². The molecular weight excluding hydrogens is 190 g/mol. The van der Waals surface area contributed by atoms with Crippen molar-refractivity contribution in [3.63, 3.8) is 0 Å². The highest BCUT2D eigenvalue weighted by Crippen LogP contribution is 2.49. The van der Waals surface area contributed by atoms with Crippen LogP contribution in [0.2, 0.25) is 0 Å². The summed E-state index contributed by atoms with van der Waals surface area (Å²) in [6.07, 6.45) is 1.01. The van der Waals surface area contributed by atoms with Crippen molar-refractivity contribution in [2.45, 2.75) is 41.0 Å². The van der Waals surface area contributed by atoms with Gasteiger partial charge in [0.05, 0.1) is 5.41 Å². The zero-order chi connectivity index (χ0) is 11.1. The predicted molar refractivity (Wildman–Crippen MR) is 63.0 cm³/mol. The summed E-state index contributed by atoms with van der Waals surface area (Å²) in [5, 5.41) is 0. The smallest absolute Gasteiger partial charge is 0.220 e. The number of hydrogen-bond acceptors (Lipinski definition) is 1. The second-order valence-corrected chi connectivity index (χ2v) is 7.05. The molecule has 0 aromatic heterocycles. The molecule has 1 heterocycles. The minimum Gasteiger partial charge on any atom is -0.377 e. The average molecular weight is 213 g/mol. The quantitative estimate of drug-likeness (QED) is 0.631. The summed E-state index contributed by atoms with van der Waals surface area (Å²) in [7, 11) is 0.863. The molecule has 0 N–H and O–H groups in total. The van der Waals surface area contributed by atoms with Crippen molar-refractivity contribution in [2.24, 2.45) is 16.7 Å². The fourth-order valence-corrected chi connectivity index (χ4v) is 4.01. The SMILES string of the molecule is CC(C)CC1(C)C(=O)N([SiH3])CC1(C)C. The van der Waals surface area contributed by atoms with Gasteiger partial charge in [0.15, 0.2) is 0 Å². The zero-order valence-corrected chi connectivity index (χ0v) is 12.3. The molecule has 3 heteroatoms. The van der Waals surface area contributed by atoms with E-state index in [0.29, 0.717) is 11.8 Å². The Bertz CT molecular complexity index is 250. The standard InChI is InChI=1S/C11H23NOSi/c1-8(2)6-11(5)9(13)12(14)7-10(11,3)4/h8H,6-7H2,1-5,14H3. The second-order valence-electron chi connectivity index (χ2n) is 5.98. The van der Waals surface area contributed by atoms with Crippen molar-refractivity contribution in [1.82, 2.24) is 4.57 Å². The number of carbonyl (C=O) groups is 1. The molecular formula is C11H23NOSi. The molecule has 2 nitrogen and oxygen atoms in total. The minimum absolute atomic E-state index is 0.135. The molecule has 0 aliphatic carbocycles.